The Morgan fingerprint density at radius 2 is 1.60 bits per heavy atom. The maximum Gasteiger partial charge on any atom is 0.216 e. The van der Waals surface area contributed by atoms with Crippen molar-refractivity contribution in [3.8, 4) is 0 Å². The van der Waals surface area contributed by atoms with Gasteiger partial charge in [-0.3, -0.25) is 0 Å². The number of nitrogens with one attached hydrogen (secondary N) is 1. The molecule has 112 valence electrons. The highest BCUT2D eigenvalue weighted by Crippen LogP contribution is 2.62. The summed E-state index contributed by atoms with van der Waals surface area (Å²) in [5.74, 6) is -0.0109. The average Bonchev–Trinajstić information content (AvgIpc) is 2.71. The lowest BCUT2D eigenvalue weighted by Gasteiger charge is -2.11. The summed E-state index contributed by atoms with van der Waals surface area (Å²) in [6.45, 7) is 8.72. The van der Waals surface area contributed by atoms with Crippen LogP contribution in [0.5, 0.6) is 0 Å². The van der Waals surface area contributed by atoms with Crippen LogP contribution in [0.3, 0.4) is 0 Å². The fourth-order valence-electron chi connectivity index (χ4n) is 2.81. The van der Waals surface area contributed by atoms with Crippen molar-refractivity contribution in [2.24, 2.45) is 16.6 Å². The first kappa shape index (κ1) is 15.5. The minimum Gasteiger partial charge on any atom is -0.326 e. The fourth-order valence-corrected chi connectivity index (χ4v) is 4.54. The van der Waals surface area contributed by atoms with Crippen molar-refractivity contribution >= 4 is 10.0 Å². The van der Waals surface area contributed by atoms with E-state index in [0.717, 1.165) is 11.1 Å². The van der Waals surface area contributed by atoms with Crippen LogP contribution in [0.2, 0.25) is 0 Å². The SMILES string of the molecule is CC1(C)C(NS(=O)(=O)Cc2ccccc2CN)C1(C)C. The number of rotatable bonds is 5. The Hall–Kier alpha value is -0.910. The third kappa shape index (κ3) is 2.62. The third-order valence-electron chi connectivity index (χ3n) is 5.00. The van der Waals surface area contributed by atoms with Crippen molar-refractivity contribution in [2.75, 3.05) is 0 Å². The lowest BCUT2D eigenvalue weighted by atomic mass is 10.0. The molecule has 0 amide bonds. The van der Waals surface area contributed by atoms with Gasteiger partial charge >= 0.3 is 0 Å². The summed E-state index contributed by atoms with van der Waals surface area (Å²) in [5.41, 5.74) is 7.30. The Bertz CT molecular complexity index is 592. The summed E-state index contributed by atoms with van der Waals surface area (Å²) in [6, 6.07) is 7.40. The minimum atomic E-state index is -3.35. The molecule has 1 aromatic carbocycles. The topological polar surface area (TPSA) is 72.2 Å². The maximum atomic E-state index is 12.3. The molecule has 2 rings (SSSR count). The van der Waals surface area contributed by atoms with Crippen molar-refractivity contribution in [3.63, 3.8) is 0 Å². The van der Waals surface area contributed by atoms with E-state index in [1.807, 2.05) is 24.3 Å². The molecule has 1 saturated carbocycles. The highest BCUT2D eigenvalue weighted by Gasteiger charge is 2.65. The van der Waals surface area contributed by atoms with Crippen molar-refractivity contribution in [2.45, 2.75) is 46.0 Å². The van der Waals surface area contributed by atoms with Crippen molar-refractivity contribution < 1.29 is 8.42 Å². The first-order valence-electron chi connectivity index (χ1n) is 6.88. The van der Waals surface area contributed by atoms with Crippen LogP contribution < -0.4 is 10.5 Å². The second kappa shape index (κ2) is 4.83. The van der Waals surface area contributed by atoms with Crippen LogP contribution in [-0.2, 0) is 22.3 Å². The Morgan fingerprint density at radius 3 is 2.05 bits per heavy atom. The summed E-state index contributed by atoms with van der Waals surface area (Å²) < 4.78 is 27.5. The van der Waals surface area contributed by atoms with Crippen molar-refractivity contribution in [3.05, 3.63) is 35.4 Å². The predicted octanol–water partition coefficient (Wildman–Crippen LogP) is 2.00. The summed E-state index contributed by atoms with van der Waals surface area (Å²) in [7, 11) is -3.35. The van der Waals surface area contributed by atoms with Gasteiger partial charge in [0.25, 0.3) is 0 Å². The second-order valence-electron chi connectivity index (χ2n) is 6.73. The molecule has 0 aliphatic heterocycles. The molecule has 0 saturated heterocycles. The van der Waals surface area contributed by atoms with E-state index >= 15 is 0 Å². The molecule has 1 fully saturated rings. The quantitative estimate of drug-likeness (QED) is 0.873. The van der Waals surface area contributed by atoms with E-state index in [9.17, 15) is 8.42 Å². The Balaban J connectivity index is 2.14. The van der Waals surface area contributed by atoms with Gasteiger partial charge in [0, 0.05) is 12.6 Å². The van der Waals surface area contributed by atoms with E-state index in [2.05, 4.69) is 32.4 Å². The first-order chi connectivity index (χ1) is 9.12. The molecule has 4 nitrogen and oxygen atoms in total. The summed E-state index contributed by atoms with van der Waals surface area (Å²) >= 11 is 0. The standard InChI is InChI=1S/C15H24N2O2S/c1-14(2)13(15(14,3)4)17-20(18,19)10-12-8-6-5-7-11(12)9-16/h5-8,13,17H,9-10,16H2,1-4H3. The zero-order chi connectivity index (χ0) is 15.2. The first-order valence-corrected chi connectivity index (χ1v) is 8.54. The fraction of sp³-hybridized carbons (Fsp3) is 0.600. The smallest absolute Gasteiger partial charge is 0.216 e. The van der Waals surface area contributed by atoms with Gasteiger partial charge in [-0.1, -0.05) is 52.0 Å². The molecule has 0 unspecified atom stereocenters. The van der Waals surface area contributed by atoms with Crippen LogP contribution in [0, 0.1) is 10.8 Å². The minimum absolute atomic E-state index is 0.00649. The Labute approximate surface area is 121 Å². The second-order valence-corrected chi connectivity index (χ2v) is 8.48. The van der Waals surface area contributed by atoms with Gasteiger partial charge in [0.1, 0.15) is 0 Å². The number of hydrogen-bond donors (Lipinski definition) is 2. The largest absolute Gasteiger partial charge is 0.326 e. The number of benzene rings is 1. The molecule has 0 bridgehead atoms. The van der Waals surface area contributed by atoms with Crippen LogP contribution in [0.4, 0.5) is 0 Å². The molecule has 1 aliphatic carbocycles. The molecule has 5 heteroatoms. The summed E-state index contributed by atoms with van der Waals surface area (Å²) in [4.78, 5) is 0. The van der Waals surface area contributed by atoms with Gasteiger partial charge < -0.3 is 5.73 Å². The van der Waals surface area contributed by atoms with Crippen LogP contribution in [0.15, 0.2) is 24.3 Å². The lowest BCUT2D eigenvalue weighted by molar-refractivity contribution is 0.457. The molecular weight excluding hydrogens is 272 g/mol. The maximum absolute atomic E-state index is 12.3. The number of nitrogens with two attached hydrogens (primary N) is 1. The lowest BCUT2D eigenvalue weighted by Crippen LogP contribution is -2.31. The highest BCUT2D eigenvalue weighted by molar-refractivity contribution is 7.88. The van der Waals surface area contributed by atoms with E-state index in [0.29, 0.717) is 6.54 Å². The van der Waals surface area contributed by atoms with Crippen LogP contribution >= 0.6 is 0 Å². The van der Waals surface area contributed by atoms with Gasteiger partial charge in [-0.25, -0.2) is 13.1 Å². The van der Waals surface area contributed by atoms with E-state index in [1.165, 1.54) is 0 Å². The Morgan fingerprint density at radius 1 is 1.10 bits per heavy atom. The number of sulfonamides is 1. The van der Waals surface area contributed by atoms with Gasteiger partial charge in [-0.05, 0) is 22.0 Å². The van der Waals surface area contributed by atoms with Gasteiger partial charge in [0.15, 0.2) is 0 Å². The van der Waals surface area contributed by atoms with Crippen LogP contribution in [0.25, 0.3) is 0 Å². The molecule has 3 N–H and O–H groups in total. The zero-order valence-corrected chi connectivity index (χ0v) is 13.4. The van der Waals surface area contributed by atoms with E-state index in [4.69, 9.17) is 5.73 Å². The highest BCUT2D eigenvalue weighted by atomic mass is 32.2. The van der Waals surface area contributed by atoms with E-state index < -0.39 is 10.0 Å². The molecule has 0 atom stereocenters. The molecular formula is C15H24N2O2S. The molecule has 0 spiro atoms. The molecule has 0 heterocycles. The Kier molecular flexibility index (Phi) is 3.73. The van der Waals surface area contributed by atoms with Crippen molar-refractivity contribution in [1.82, 2.24) is 4.72 Å². The van der Waals surface area contributed by atoms with Gasteiger partial charge in [-0.15, -0.1) is 0 Å². The average molecular weight is 296 g/mol. The van der Waals surface area contributed by atoms with Gasteiger partial charge in [0.2, 0.25) is 10.0 Å². The monoisotopic (exact) mass is 296 g/mol. The molecule has 0 aromatic heterocycles. The van der Waals surface area contributed by atoms with Crippen LogP contribution in [-0.4, -0.2) is 14.5 Å². The van der Waals surface area contributed by atoms with Gasteiger partial charge in [0.05, 0.1) is 5.75 Å². The van der Waals surface area contributed by atoms with E-state index in [1.54, 1.807) is 0 Å². The van der Waals surface area contributed by atoms with E-state index in [-0.39, 0.29) is 22.6 Å². The predicted molar refractivity (Wildman–Crippen MR) is 81.4 cm³/mol. The van der Waals surface area contributed by atoms with Gasteiger partial charge in [-0.2, -0.15) is 0 Å². The molecule has 20 heavy (non-hydrogen) atoms. The van der Waals surface area contributed by atoms with Crippen molar-refractivity contribution in [1.29, 1.82) is 0 Å². The summed E-state index contributed by atoms with van der Waals surface area (Å²) in [5, 5.41) is 0. The normalized spacial score (nSPS) is 20.9. The molecule has 1 aromatic rings. The molecule has 1 aliphatic rings. The van der Waals surface area contributed by atoms with Crippen LogP contribution in [0.1, 0.15) is 38.8 Å². The third-order valence-corrected chi connectivity index (χ3v) is 6.29. The molecule has 0 radical (unpaired) electrons. The summed E-state index contributed by atoms with van der Waals surface area (Å²) in [6.07, 6.45) is 0. The zero-order valence-electron chi connectivity index (χ0n) is 12.6. The number of hydrogen-bond acceptors (Lipinski definition) is 3.